The fourth-order valence-electron chi connectivity index (χ4n) is 3.47. The molecule has 2 unspecified atom stereocenters. The van der Waals surface area contributed by atoms with Gasteiger partial charge in [0.15, 0.2) is 0 Å². The van der Waals surface area contributed by atoms with E-state index in [0.29, 0.717) is 6.04 Å². The number of unbranched alkanes of at least 4 members (excludes halogenated alkanes) is 1. The number of thioether (sulfide) groups is 1. The minimum atomic E-state index is 0.0204. The fourth-order valence-corrected chi connectivity index (χ4v) is 4.32. The van der Waals surface area contributed by atoms with Gasteiger partial charge < -0.3 is 4.74 Å². The van der Waals surface area contributed by atoms with Gasteiger partial charge in [-0.15, -0.1) is 11.8 Å². The van der Waals surface area contributed by atoms with E-state index in [0.717, 1.165) is 25.4 Å². The summed E-state index contributed by atoms with van der Waals surface area (Å²) in [4.78, 5) is 3.63. The van der Waals surface area contributed by atoms with Crippen LogP contribution in [0, 0.1) is 0 Å². The molecular formula is C23H32N2OS. The molecule has 1 aliphatic rings. The molecule has 0 spiro atoms. The SMILES string of the molecule is CCCCC1Cc2ccccc2C(OCCN(C)CSc2ccccc2)N1. The second-order valence-corrected chi connectivity index (χ2v) is 8.34. The highest BCUT2D eigenvalue weighted by Gasteiger charge is 2.25. The number of nitrogens with zero attached hydrogens (tertiary/aromatic N) is 1. The molecule has 0 radical (unpaired) electrons. The van der Waals surface area contributed by atoms with Gasteiger partial charge in [0, 0.05) is 23.4 Å². The van der Waals surface area contributed by atoms with E-state index in [1.165, 1.54) is 35.3 Å². The average Bonchev–Trinajstić information content (AvgIpc) is 2.71. The van der Waals surface area contributed by atoms with E-state index in [9.17, 15) is 0 Å². The average molecular weight is 385 g/mol. The third-order valence-corrected chi connectivity index (χ3v) is 6.22. The monoisotopic (exact) mass is 384 g/mol. The van der Waals surface area contributed by atoms with Crippen LogP contribution in [0.4, 0.5) is 0 Å². The largest absolute Gasteiger partial charge is 0.358 e. The number of rotatable bonds is 10. The quantitative estimate of drug-likeness (QED) is 0.456. The van der Waals surface area contributed by atoms with Gasteiger partial charge in [0.25, 0.3) is 0 Å². The lowest BCUT2D eigenvalue weighted by molar-refractivity contribution is 0.00591. The zero-order valence-corrected chi connectivity index (χ0v) is 17.4. The summed E-state index contributed by atoms with van der Waals surface area (Å²) in [6, 6.07) is 19.8. The van der Waals surface area contributed by atoms with Gasteiger partial charge in [0.05, 0.1) is 6.61 Å². The maximum atomic E-state index is 6.28. The highest BCUT2D eigenvalue weighted by atomic mass is 32.2. The number of hydrogen-bond acceptors (Lipinski definition) is 4. The Morgan fingerprint density at radius 3 is 2.70 bits per heavy atom. The van der Waals surface area contributed by atoms with E-state index in [2.05, 4.69) is 78.8 Å². The smallest absolute Gasteiger partial charge is 0.134 e. The van der Waals surface area contributed by atoms with E-state index in [-0.39, 0.29) is 6.23 Å². The van der Waals surface area contributed by atoms with E-state index in [4.69, 9.17) is 4.74 Å². The Morgan fingerprint density at radius 2 is 1.89 bits per heavy atom. The second kappa shape index (κ2) is 10.9. The highest BCUT2D eigenvalue weighted by molar-refractivity contribution is 7.99. The molecule has 2 aromatic carbocycles. The Labute approximate surface area is 168 Å². The number of hydrogen-bond donors (Lipinski definition) is 1. The van der Waals surface area contributed by atoms with Gasteiger partial charge in [-0.25, -0.2) is 0 Å². The summed E-state index contributed by atoms with van der Waals surface area (Å²) in [5, 5.41) is 3.73. The number of nitrogens with one attached hydrogen (secondary N) is 1. The van der Waals surface area contributed by atoms with Gasteiger partial charge in [-0.2, -0.15) is 0 Å². The zero-order valence-electron chi connectivity index (χ0n) is 16.6. The molecule has 0 aromatic heterocycles. The Balaban J connectivity index is 1.47. The Bertz CT molecular complexity index is 679. The lowest BCUT2D eigenvalue weighted by Crippen LogP contribution is -2.41. The fraction of sp³-hybridized carbons (Fsp3) is 0.478. The predicted octanol–water partition coefficient (Wildman–Crippen LogP) is 5.09. The molecular weight excluding hydrogens is 352 g/mol. The topological polar surface area (TPSA) is 24.5 Å². The van der Waals surface area contributed by atoms with Crippen LogP contribution in [0.1, 0.15) is 43.5 Å². The molecule has 2 atom stereocenters. The predicted molar refractivity (Wildman–Crippen MR) is 115 cm³/mol. The summed E-state index contributed by atoms with van der Waals surface area (Å²) in [5.41, 5.74) is 2.75. The molecule has 27 heavy (non-hydrogen) atoms. The number of likely N-dealkylation sites (N-methyl/N-ethyl adjacent to an activating group) is 1. The molecule has 0 saturated carbocycles. The maximum absolute atomic E-state index is 6.28. The van der Waals surface area contributed by atoms with Crippen LogP contribution in [-0.4, -0.2) is 37.0 Å². The van der Waals surface area contributed by atoms with Gasteiger partial charge in [0.1, 0.15) is 6.23 Å². The van der Waals surface area contributed by atoms with Crippen molar-refractivity contribution in [3.8, 4) is 0 Å². The van der Waals surface area contributed by atoms with Crippen molar-refractivity contribution in [1.29, 1.82) is 0 Å². The minimum absolute atomic E-state index is 0.0204. The maximum Gasteiger partial charge on any atom is 0.134 e. The van der Waals surface area contributed by atoms with Gasteiger partial charge >= 0.3 is 0 Å². The first kappa shape index (κ1) is 20.4. The van der Waals surface area contributed by atoms with Crippen molar-refractivity contribution in [2.24, 2.45) is 0 Å². The first-order valence-corrected chi connectivity index (χ1v) is 11.1. The summed E-state index contributed by atoms with van der Waals surface area (Å²) in [7, 11) is 2.16. The Hall–Kier alpha value is -1.33. The normalized spacial score (nSPS) is 19.2. The highest BCUT2D eigenvalue weighted by Crippen LogP contribution is 2.27. The molecule has 146 valence electrons. The van der Waals surface area contributed by atoms with Crippen molar-refractivity contribution in [2.75, 3.05) is 26.1 Å². The van der Waals surface area contributed by atoms with Crippen LogP contribution in [-0.2, 0) is 11.2 Å². The summed E-state index contributed by atoms with van der Waals surface area (Å²) < 4.78 is 6.28. The standard InChI is InChI=1S/C23H32N2OS/c1-3-4-11-20-17-19-10-8-9-14-22(19)23(24-20)26-16-15-25(2)18-27-21-12-6-5-7-13-21/h5-10,12-14,20,23-24H,3-4,11,15-18H2,1-2H3. The van der Waals surface area contributed by atoms with Crippen molar-refractivity contribution in [3.05, 3.63) is 65.7 Å². The summed E-state index contributed by atoms with van der Waals surface area (Å²) >= 11 is 1.87. The molecule has 1 heterocycles. The number of fused-ring (bicyclic) bond motifs is 1. The van der Waals surface area contributed by atoms with Crippen molar-refractivity contribution in [2.45, 2.75) is 49.8 Å². The Kier molecular flexibility index (Phi) is 8.21. The van der Waals surface area contributed by atoms with Crippen molar-refractivity contribution in [3.63, 3.8) is 0 Å². The van der Waals surface area contributed by atoms with Gasteiger partial charge in [-0.1, -0.05) is 62.2 Å². The third kappa shape index (κ3) is 6.35. The zero-order chi connectivity index (χ0) is 18.9. The summed E-state index contributed by atoms with van der Waals surface area (Å²) in [6.45, 7) is 3.92. The van der Waals surface area contributed by atoms with Gasteiger partial charge in [-0.05, 0) is 43.1 Å². The molecule has 0 aliphatic carbocycles. The molecule has 0 amide bonds. The van der Waals surface area contributed by atoms with Crippen LogP contribution in [0.2, 0.25) is 0 Å². The van der Waals surface area contributed by atoms with Crippen LogP contribution in [0.15, 0.2) is 59.5 Å². The van der Waals surface area contributed by atoms with E-state index in [1.54, 1.807) is 0 Å². The van der Waals surface area contributed by atoms with Crippen LogP contribution in [0.5, 0.6) is 0 Å². The minimum Gasteiger partial charge on any atom is -0.358 e. The molecule has 0 bridgehead atoms. The van der Waals surface area contributed by atoms with Crippen LogP contribution < -0.4 is 5.32 Å². The van der Waals surface area contributed by atoms with Crippen molar-refractivity contribution >= 4 is 11.8 Å². The lowest BCUT2D eigenvalue weighted by atomic mass is 9.92. The molecule has 0 fully saturated rings. The summed E-state index contributed by atoms with van der Waals surface area (Å²) in [5.74, 6) is 0.973. The molecule has 0 saturated heterocycles. The molecule has 3 nitrogen and oxygen atoms in total. The molecule has 1 N–H and O–H groups in total. The first-order chi connectivity index (χ1) is 13.3. The molecule has 4 heteroatoms. The molecule has 2 aromatic rings. The lowest BCUT2D eigenvalue weighted by Gasteiger charge is -2.33. The van der Waals surface area contributed by atoms with Crippen molar-refractivity contribution < 1.29 is 4.74 Å². The van der Waals surface area contributed by atoms with E-state index < -0.39 is 0 Å². The van der Waals surface area contributed by atoms with Gasteiger partial charge in [-0.3, -0.25) is 10.2 Å². The number of ether oxygens (including phenoxy) is 1. The van der Waals surface area contributed by atoms with Crippen LogP contribution >= 0.6 is 11.8 Å². The second-order valence-electron chi connectivity index (χ2n) is 7.33. The van der Waals surface area contributed by atoms with E-state index >= 15 is 0 Å². The number of benzene rings is 2. The summed E-state index contributed by atoms with van der Waals surface area (Å²) in [6.07, 6.45) is 4.87. The Morgan fingerprint density at radius 1 is 1.11 bits per heavy atom. The molecule has 1 aliphatic heterocycles. The first-order valence-electron chi connectivity index (χ1n) is 10.1. The molecule has 3 rings (SSSR count). The van der Waals surface area contributed by atoms with E-state index in [1.807, 2.05) is 11.8 Å². The van der Waals surface area contributed by atoms with Crippen molar-refractivity contribution in [1.82, 2.24) is 10.2 Å². The van der Waals surface area contributed by atoms with Gasteiger partial charge in [0.2, 0.25) is 0 Å². The van der Waals surface area contributed by atoms with Crippen LogP contribution in [0.3, 0.4) is 0 Å². The third-order valence-electron chi connectivity index (χ3n) is 5.05. The van der Waals surface area contributed by atoms with Crippen LogP contribution in [0.25, 0.3) is 0 Å².